The molecule has 7 nitrogen and oxygen atoms in total. The Morgan fingerprint density at radius 3 is 2.56 bits per heavy atom. The summed E-state index contributed by atoms with van der Waals surface area (Å²) in [5.74, 6) is -0.239. The second kappa shape index (κ2) is 7.38. The summed E-state index contributed by atoms with van der Waals surface area (Å²) in [6, 6.07) is 9.17. The molecule has 1 aromatic carbocycles. The van der Waals surface area contributed by atoms with Gasteiger partial charge in [-0.1, -0.05) is 13.8 Å². The smallest absolute Gasteiger partial charge is 0.321 e. The van der Waals surface area contributed by atoms with Crippen LogP contribution in [-0.4, -0.2) is 34.8 Å². The van der Waals surface area contributed by atoms with Gasteiger partial charge in [-0.3, -0.25) is 14.4 Å². The Kier molecular flexibility index (Phi) is 5.02. The van der Waals surface area contributed by atoms with E-state index in [1.807, 2.05) is 23.0 Å². The number of urea groups is 1. The SMILES string of the molecule is CCC(CC)n1ccc(C(=O)Nc2ccc(N3CCNC3=O)cc2)n1. The van der Waals surface area contributed by atoms with Crippen LogP contribution in [0.15, 0.2) is 36.5 Å². The highest BCUT2D eigenvalue weighted by Gasteiger charge is 2.21. The number of amides is 3. The van der Waals surface area contributed by atoms with Crippen molar-refractivity contribution in [2.24, 2.45) is 0 Å². The van der Waals surface area contributed by atoms with Crippen LogP contribution in [0.2, 0.25) is 0 Å². The Bertz CT molecular complexity index is 749. The maximum Gasteiger partial charge on any atom is 0.321 e. The minimum absolute atomic E-state index is 0.0938. The van der Waals surface area contributed by atoms with Gasteiger partial charge in [0.1, 0.15) is 0 Å². The summed E-state index contributed by atoms with van der Waals surface area (Å²) in [5, 5.41) is 9.99. The lowest BCUT2D eigenvalue weighted by Gasteiger charge is -2.14. The molecular formula is C18H23N5O2. The molecule has 2 N–H and O–H groups in total. The molecule has 7 heteroatoms. The largest absolute Gasteiger partial charge is 0.336 e. The molecule has 0 radical (unpaired) electrons. The predicted molar refractivity (Wildman–Crippen MR) is 97.0 cm³/mol. The van der Waals surface area contributed by atoms with Crippen LogP contribution in [0.1, 0.15) is 43.2 Å². The molecule has 1 fully saturated rings. The standard InChI is InChI=1S/C18H23N5O2/c1-3-14(4-2)23-11-9-16(21-23)17(24)20-13-5-7-15(8-6-13)22-12-10-19-18(22)25/h5-9,11,14H,3-4,10,12H2,1-2H3,(H,19,25)(H,20,24). The Morgan fingerprint density at radius 1 is 1.24 bits per heavy atom. The lowest BCUT2D eigenvalue weighted by Crippen LogP contribution is -2.27. The van der Waals surface area contributed by atoms with Gasteiger partial charge in [0.25, 0.3) is 5.91 Å². The minimum Gasteiger partial charge on any atom is -0.336 e. The molecule has 2 heterocycles. The normalized spacial score (nSPS) is 14.0. The van der Waals surface area contributed by atoms with Crippen molar-refractivity contribution in [3.05, 3.63) is 42.2 Å². The van der Waals surface area contributed by atoms with E-state index >= 15 is 0 Å². The van der Waals surface area contributed by atoms with Gasteiger partial charge < -0.3 is 10.6 Å². The second-order valence-corrected chi connectivity index (χ2v) is 6.04. The van der Waals surface area contributed by atoms with Crippen molar-refractivity contribution in [2.75, 3.05) is 23.3 Å². The Hall–Kier alpha value is -2.83. The number of hydrogen-bond acceptors (Lipinski definition) is 3. The molecular weight excluding hydrogens is 318 g/mol. The molecule has 3 rings (SSSR count). The number of aromatic nitrogens is 2. The van der Waals surface area contributed by atoms with Crippen molar-refractivity contribution in [2.45, 2.75) is 32.7 Å². The molecule has 1 saturated heterocycles. The first kappa shape index (κ1) is 17.0. The topological polar surface area (TPSA) is 79.3 Å². The first-order valence-corrected chi connectivity index (χ1v) is 8.64. The zero-order chi connectivity index (χ0) is 17.8. The number of rotatable bonds is 6. The second-order valence-electron chi connectivity index (χ2n) is 6.04. The predicted octanol–water partition coefficient (Wildman–Crippen LogP) is 3.03. The summed E-state index contributed by atoms with van der Waals surface area (Å²) < 4.78 is 1.85. The van der Waals surface area contributed by atoms with E-state index in [0.717, 1.165) is 18.5 Å². The molecule has 0 bridgehead atoms. The van der Waals surface area contributed by atoms with Crippen LogP contribution in [0.25, 0.3) is 0 Å². The van der Waals surface area contributed by atoms with E-state index in [9.17, 15) is 9.59 Å². The van der Waals surface area contributed by atoms with Crippen LogP contribution in [0.5, 0.6) is 0 Å². The highest BCUT2D eigenvalue weighted by molar-refractivity contribution is 6.03. The number of anilines is 2. The molecule has 0 saturated carbocycles. The molecule has 0 unspecified atom stereocenters. The summed E-state index contributed by atoms with van der Waals surface area (Å²) in [4.78, 5) is 25.7. The molecule has 1 aliphatic rings. The molecule has 0 aliphatic carbocycles. The molecule has 1 aromatic heterocycles. The highest BCUT2D eigenvalue weighted by atomic mass is 16.2. The Balaban J connectivity index is 1.66. The zero-order valence-corrected chi connectivity index (χ0v) is 14.5. The maximum atomic E-state index is 12.4. The van der Waals surface area contributed by atoms with E-state index in [2.05, 4.69) is 29.6 Å². The van der Waals surface area contributed by atoms with Crippen LogP contribution in [0.4, 0.5) is 16.2 Å². The van der Waals surface area contributed by atoms with Gasteiger partial charge in [-0.25, -0.2) is 4.79 Å². The van der Waals surface area contributed by atoms with Crippen molar-refractivity contribution in [3.8, 4) is 0 Å². The fraction of sp³-hybridized carbons (Fsp3) is 0.389. The lowest BCUT2D eigenvalue weighted by atomic mass is 10.2. The molecule has 2 aromatic rings. The number of carbonyl (C=O) groups is 2. The monoisotopic (exact) mass is 341 g/mol. The van der Waals surface area contributed by atoms with Crippen LogP contribution in [-0.2, 0) is 0 Å². The number of nitrogens with zero attached hydrogens (tertiary/aromatic N) is 3. The average molecular weight is 341 g/mol. The molecule has 132 valence electrons. The van der Waals surface area contributed by atoms with Gasteiger partial charge in [-0.05, 0) is 43.2 Å². The number of benzene rings is 1. The average Bonchev–Trinajstić information content (AvgIpc) is 3.26. The molecule has 1 aliphatic heterocycles. The Labute approximate surface area is 147 Å². The van der Waals surface area contributed by atoms with Gasteiger partial charge in [-0.15, -0.1) is 0 Å². The van der Waals surface area contributed by atoms with E-state index in [1.54, 1.807) is 23.1 Å². The maximum absolute atomic E-state index is 12.4. The first-order valence-electron chi connectivity index (χ1n) is 8.64. The number of nitrogens with one attached hydrogen (secondary N) is 2. The van der Waals surface area contributed by atoms with E-state index in [0.29, 0.717) is 30.5 Å². The van der Waals surface area contributed by atoms with Crippen LogP contribution < -0.4 is 15.5 Å². The summed E-state index contributed by atoms with van der Waals surface area (Å²) in [5.41, 5.74) is 1.88. The lowest BCUT2D eigenvalue weighted by molar-refractivity contribution is 0.102. The summed E-state index contributed by atoms with van der Waals surface area (Å²) in [6.07, 6.45) is 3.80. The third-order valence-corrected chi connectivity index (χ3v) is 4.45. The van der Waals surface area contributed by atoms with E-state index in [1.165, 1.54) is 0 Å². The third kappa shape index (κ3) is 3.65. The van der Waals surface area contributed by atoms with E-state index < -0.39 is 0 Å². The third-order valence-electron chi connectivity index (χ3n) is 4.45. The van der Waals surface area contributed by atoms with E-state index in [4.69, 9.17) is 0 Å². The zero-order valence-electron chi connectivity index (χ0n) is 14.5. The van der Waals surface area contributed by atoms with Gasteiger partial charge in [0.15, 0.2) is 5.69 Å². The van der Waals surface area contributed by atoms with E-state index in [-0.39, 0.29) is 11.9 Å². The number of hydrogen-bond donors (Lipinski definition) is 2. The molecule has 25 heavy (non-hydrogen) atoms. The fourth-order valence-electron chi connectivity index (χ4n) is 2.96. The van der Waals surface area contributed by atoms with Gasteiger partial charge >= 0.3 is 6.03 Å². The quantitative estimate of drug-likeness (QED) is 0.847. The fourth-order valence-corrected chi connectivity index (χ4v) is 2.96. The van der Waals surface area contributed by atoms with Crippen molar-refractivity contribution in [3.63, 3.8) is 0 Å². The van der Waals surface area contributed by atoms with Crippen molar-refractivity contribution in [1.82, 2.24) is 15.1 Å². The highest BCUT2D eigenvalue weighted by Crippen LogP contribution is 2.20. The van der Waals surface area contributed by atoms with Crippen molar-refractivity contribution < 1.29 is 9.59 Å². The molecule has 0 atom stereocenters. The first-order chi connectivity index (χ1) is 12.1. The number of carbonyl (C=O) groups excluding carboxylic acids is 2. The van der Waals surface area contributed by atoms with Crippen LogP contribution in [0.3, 0.4) is 0 Å². The molecule has 3 amide bonds. The minimum atomic E-state index is -0.239. The Morgan fingerprint density at radius 2 is 1.96 bits per heavy atom. The van der Waals surface area contributed by atoms with Gasteiger partial charge in [0.2, 0.25) is 0 Å². The van der Waals surface area contributed by atoms with Crippen LogP contribution in [0, 0.1) is 0 Å². The van der Waals surface area contributed by atoms with Crippen molar-refractivity contribution >= 4 is 23.3 Å². The molecule has 0 spiro atoms. The summed E-state index contributed by atoms with van der Waals surface area (Å²) >= 11 is 0. The van der Waals surface area contributed by atoms with Crippen LogP contribution >= 0.6 is 0 Å². The summed E-state index contributed by atoms with van der Waals surface area (Å²) in [7, 11) is 0. The van der Waals surface area contributed by atoms with Gasteiger partial charge in [0, 0.05) is 30.7 Å². The van der Waals surface area contributed by atoms with Crippen molar-refractivity contribution in [1.29, 1.82) is 0 Å². The summed E-state index contributed by atoms with van der Waals surface area (Å²) in [6.45, 7) is 5.52. The van der Waals surface area contributed by atoms with Gasteiger partial charge in [0.05, 0.1) is 6.04 Å². The van der Waals surface area contributed by atoms with Gasteiger partial charge in [-0.2, -0.15) is 5.10 Å².